The number of hydrogen-bond donors (Lipinski definition) is 0. The quantitative estimate of drug-likeness (QED) is 0.417. The van der Waals surface area contributed by atoms with E-state index in [9.17, 15) is 18.0 Å². The highest BCUT2D eigenvalue weighted by atomic mass is 32.2. The van der Waals surface area contributed by atoms with Crippen molar-refractivity contribution in [1.82, 2.24) is 13.9 Å². The molecule has 32 heavy (non-hydrogen) atoms. The summed E-state index contributed by atoms with van der Waals surface area (Å²) in [4.78, 5) is 30.3. The molecule has 2 aliphatic rings. The first-order valence-corrected chi connectivity index (χ1v) is 12.7. The molecule has 1 aromatic heterocycles. The van der Waals surface area contributed by atoms with E-state index in [4.69, 9.17) is 4.74 Å². The Balaban J connectivity index is 1.66. The zero-order chi connectivity index (χ0) is 22.3. The number of hydrogen-bond acceptors (Lipinski definition) is 7. The Morgan fingerprint density at radius 1 is 1.03 bits per heavy atom. The molecule has 10 heteroatoms. The molecule has 0 N–H and O–H groups in total. The fraction of sp³-hybridized carbons (Fsp3) is 0.318. The molecule has 0 spiro atoms. The molecule has 0 unspecified atom stereocenters. The number of cyclic esters (lactones) is 1. The van der Waals surface area contributed by atoms with Crippen molar-refractivity contribution in [3.63, 3.8) is 0 Å². The lowest BCUT2D eigenvalue weighted by Crippen LogP contribution is -2.28. The zero-order valence-electron chi connectivity index (χ0n) is 17.1. The third-order valence-electron chi connectivity index (χ3n) is 5.66. The first-order valence-electron chi connectivity index (χ1n) is 10.4. The van der Waals surface area contributed by atoms with E-state index in [2.05, 4.69) is 4.98 Å². The number of ether oxygens (including phenoxy) is 1. The first-order chi connectivity index (χ1) is 15.4. The second-order valence-electron chi connectivity index (χ2n) is 7.72. The van der Waals surface area contributed by atoms with Gasteiger partial charge in [-0.2, -0.15) is 4.31 Å². The van der Waals surface area contributed by atoms with E-state index in [0.29, 0.717) is 47.9 Å². The van der Waals surface area contributed by atoms with E-state index in [1.165, 1.54) is 32.8 Å². The minimum atomic E-state index is -3.65. The Labute approximate surface area is 189 Å². The lowest BCUT2D eigenvalue weighted by Gasteiger charge is -2.18. The minimum absolute atomic E-state index is 0.133. The van der Waals surface area contributed by atoms with Gasteiger partial charge in [-0.1, -0.05) is 30.0 Å². The summed E-state index contributed by atoms with van der Waals surface area (Å²) < 4.78 is 34.1. The van der Waals surface area contributed by atoms with Crippen LogP contribution < -0.4 is 5.56 Å². The number of aromatic nitrogens is 2. The zero-order valence-corrected chi connectivity index (χ0v) is 18.8. The van der Waals surface area contributed by atoms with E-state index < -0.39 is 15.3 Å². The van der Waals surface area contributed by atoms with Gasteiger partial charge in [0, 0.05) is 19.5 Å². The van der Waals surface area contributed by atoms with Crippen molar-refractivity contribution in [1.29, 1.82) is 0 Å². The Hall–Kier alpha value is -2.69. The molecule has 3 heterocycles. The van der Waals surface area contributed by atoms with Crippen LogP contribution >= 0.6 is 11.8 Å². The molecule has 0 aliphatic carbocycles. The number of carbonyl (C=O) groups excluding carboxylic acids is 1. The van der Waals surface area contributed by atoms with Gasteiger partial charge in [0.2, 0.25) is 10.0 Å². The van der Waals surface area contributed by atoms with E-state index >= 15 is 0 Å². The standard InChI is InChI=1S/C22H21N3O5S2/c26-20-17-8-1-2-9-18(17)23-22(31-19-10-13-30-21(19)27)25(20)15-6-5-7-16(14-15)32(28,29)24-11-3-4-12-24/h1-2,5-9,14,19H,3-4,10-13H2/t19-/m0/s1. The van der Waals surface area contributed by atoms with Crippen LogP contribution in [0.15, 0.2) is 63.4 Å². The van der Waals surface area contributed by atoms with Gasteiger partial charge in [0.05, 0.1) is 28.1 Å². The van der Waals surface area contributed by atoms with Crippen molar-refractivity contribution in [3.05, 3.63) is 58.9 Å². The van der Waals surface area contributed by atoms with Gasteiger partial charge in [0.15, 0.2) is 5.16 Å². The number of benzene rings is 2. The average Bonchev–Trinajstić information content (AvgIpc) is 3.47. The summed E-state index contributed by atoms with van der Waals surface area (Å²) in [6.07, 6.45) is 2.20. The van der Waals surface area contributed by atoms with E-state index in [1.54, 1.807) is 36.4 Å². The summed E-state index contributed by atoms with van der Waals surface area (Å²) in [5.74, 6) is -0.339. The Kier molecular flexibility index (Phi) is 5.52. The number of esters is 1. The lowest BCUT2D eigenvalue weighted by molar-refractivity contribution is -0.137. The third kappa shape index (κ3) is 3.72. The van der Waals surface area contributed by atoms with Gasteiger partial charge in [-0.15, -0.1) is 0 Å². The Bertz CT molecular complexity index is 1360. The molecule has 0 amide bonds. The monoisotopic (exact) mass is 471 g/mol. The van der Waals surface area contributed by atoms with Crippen molar-refractivity contribution in [2.45, 2.75) is 34.6 Å². The number of sulfonamides is 1. The van der Waals surface area contributed by atoms with Crippen molar-refractivity contribution >= 4 is 38.7 Å². The highest BCUT2D eigenvalue weighted by Crippen LogP contribution is 2.31. The van der Waals surface area contributed by atoms with E-state index in [0.717, 1.165) is 12.8 Å². The van der Waals surface area contributed by atoms with Crippen molar-refractivity contribution in [3.8, 4) is 5.69 Å². The fourth-order valence-electron chi connectivity index (χ4n) is 3.99. The molecule has 2 aromatic carbocycles. The maximum Gasteiger partial charge on any atom is 0.319 e. The van der Waals surface area contributed by atoms with Crippen molar-refractivity contribution < 1.29 is 17.9 Å². The summed E-state index contributed by atoms with van der Waals surface area (Å²) in [5.41, 5.74) is 0.589. The molecule has 0 saturated carbocycles. The van der Waals surface area contributed by atoms with Gasteiger partial charge in [0.25, 0.3) is 5.56 Å². The predicted molar refractivity (Wildman–Crippen MR) is 121 cm³/mol. The number of nitrogens with zero attached hydrogens (tertiary/aromatic N) is 3. The number of thioether (sulfide) groups is 1. The number of para-hydroxylation sites is 1. The van der Waals surface area contributed by atoms with Crippen LogP contribution in [0.1, 0.15) is 19.3 Å². The van der Waals surface area contributed by atoms with Crippen LogP contribution in [0.2, 0.25) is 0 Å². The molecule has 166 valence electrons. The smallest absolute Gasteiger partial charge is 0.319 e. The molecule has 0 radical (unpaired) electrons. The average molecular weight is 472 g/mol. The van der Waals surface area contributed by atoms with Gasteiger partial charge in [-0.3, -0.25) is 14.2 Å². The molecule has 0 bridgehead atoms. The van der Waals surface area contributed by atoms with Gasteiger partial charge in [0.1, 0.15) is 5.25 Å². The highest BCUT2D eigenvalue weighted by molar-refractivity contribution is 8.00. The van der Waals surface area contributed by atoms with E-state index in [1.807, 2.05) is 0 Å². The van der Waals surface area contributed by atoms with Gasteiger partial charge < -0.3 is 4.74 Å². The molecule has 8 nitrogen and oxygen atoms in total. The Morgan fingerprint density at radius 2 is 1.81 bits per heavy atom. The first kappa shape index (κ1) is 21.2. The topological polar surface area (TPSA) is 98.6 Å². The van der Waals surface area contributed by atoms with Gasteiger partial charge in [-0.25, -0.2) is 13.4 Å². The highest BCUT2D eigenvalue weighted by Gasteiger charge is 2.31. The van der Waals surface area contributed by atoms with Gasteiger partial charge >= 0.3 is 5.97 Å². The molecular weight excluding hydrogens is 450 g/mol. The molecule has 1 atom stereocenters. The second kappa shape index (κ2) is 8.34. The summed E-state index contributed by atoms with van der Waals surface area (Å²) in [6.45, 7) is 1.32. The lowest BCUT2D eigenvalue weighted by atomic mass is 10.2. The third-order valence-corrected chi connectivity index (χ3v) is 8.75. The second-order valence-corrected chi connectivity index (χ2v) is 10.8. The van der Waals surface area contributed by atoms with Crippen LogP contribution in [0.25, 0.3) is 16.6 Å². The van der Waals surface area contributed by atoms with Gasteiger partial charge in [-0.05, 0) is 43.2 Å². The molecule has 2 aliphatic heterocycles. The number of fused-ring (bicyclic) bond motifs is 1. The predicted octanol–water partition coefficient (Wildman–Crippen LogP) is 2.58. The summed E-state index contributed by atoms with van der Waals surface area (Å²) in [7, 11) is -3.65. The van der Waals surface area contributed by atoms with Crippen LogP contribution in [-0.2, 0) is 19.6 Å². The van der Waals surface area contributed by atoms with E-state index in [-0.39, 0.29) is 16.4 Å². The van der Waals surface area contributed by atoms with Crippen LogP contribution in [0, 0.1) is 0 Å². The number of rotatable bonds is 5. The molecular formula is C22H21N3O5S2. The summed E-state index contributed by atoms with van der Waals surface area (Å²) in [5, 5.41) is 0.276. The fourth-order valence-corrected chi connectivity index (χ4v) is 6.63. The van der Waals surface area contributed by atoms with Crippen LogP contribution in [0.5, 0.6) is 0 Å². The SMILES string of the molecule is O=C1OCC[C@@H]1Sc1nc2ccccc2c(=O)n1-c1cccc(S(=O)(=O)N2CCCC2)c1. The largest absolute Gasteiger partial charge is 0.465 e. The van der Waals surface area contributed by atoms with Crippen LogP contribution in [-0.4, -0.2) is 53.2 Å². The molecule has 2 fully saturated rings. The summed E-state index contributed by atoms with van der Waals surface area (Å²) >= 11 is 1.17. The Morgan fingerprint density at radius 3 is 2.56 bits per heavy atom. The van der Waals surface area contributed by atoms with Crippen LogP contribution in [0.4, 0.5) is 0 Å². The normalized spacial score (nSPS) is 19.5. The summed E-state index contributed by atoms with van der Waals surface area (Å²) in [6, 6.07) is 13.3. The number of carbonyl (C=O) groups is 1. The molecule has 2 saturated heterocycles. The molecule has 5 rings (SSSR count). The van der Waals surface area contributed by atoms with Crippen molar-refractivity contribution in [2.24, 2.45) is 0 Å². The van der Waals surface area contributed by atoms with Crippen molar-refractivity contribution in [2.75, 3.05) is 19.7 Å². The van der Waals surface area contributed by atoms with Crippen LogP contribution in [0.3, 0.4) is 0 Å². The molecule has 3 aromatic rings. The minimum Gasteiger partial charge on any atom is -0.465 e. The maximum absolute atomic E-state index is 13.5. The maximum atomic E-state index is 13.5.